The first-order valence-corrected chi connectivity index (χ1v) is 8.44. The van der Waals surface area contributed by atoms with Gasteiger partial charge in [-0.3, -0.25) is 4.68 Å². The predicted octanol–water partition coefficient (Wildman–Crippen LogP) is 3.91. The van der Waals surface area contributed by atoms with Crippen LogP contribution >= 0.6 is 0 Å². The van der Waals surface area contributed by atoms with Crippen LogP contribution < -0.4 is 4.74 Å². The van der Waals surface area contributed by atoms with Crippen LogP contribution in [0.25, 0.3) is 0 Å². The molecule has 2 aromatic carbocycles. The molecule has 0 bridgehead atoms. The quantitative estimate of drug-likeness (QED) is 0.444. The highest BCUT2D eigenvalue weighted by Crippen LogP contribution is 2.25. The van der Waals surface area contributed by atoms with Gasteiger partial charge in [-0.25, -0.2) is 13.6 Å². The molecule has 27 heavy (non-hydrogen) atoms. The topological polar surface area (TPSA) is 53.4 Å². The summed E-state index contributed by atoms with van der Waals surface area (Å²) in [5.41, 5.74) is 0.555. The number of hydrogen-bond donors (Lipinski definition) is 0. The zero-order valence-corrected chi connectivity index (χ0v) is 14.4. The average Bonchev–Trinajstić information content (AvgIpc) is 3.20. The Hall–Kier alpha value is -3.22. The second-order valence-electron chi connectivity index (χ2n) is 5.77. The lowest BCUT2D eigenvalue weighted by Gasteiger charge is -2.18. The lowest BCUT2D eigenvalue weighted by atomic mass is 10.1. The second-order valence-corrected chi connectivity index (χ2v) is 5.77. The minimum absolute atomic E-state index is 0.0382. The van der Waals surface area contributed by atoms with Gasteiger partial charge in [-0.15, -0.1) is 0 Å². The Morgan fingerprint density at radius 1 is 1.07 bits per heavy atom. The van der Waals surface area contributed by atoms with Crippen molar-refractivity contribution in [2.45, 2.75) is 19.1 Å². The van der Waals surface area contributed by atoms with Crippen LogP contribution in [0, 0.1) is 11.6 Å². The third kappa shape index (κ3) is 5.13. The molecule has 0 fully saturated rings. The molecule has 7 heteroatoms. The van der Waals surface area contributed by atoms with Gasteiger partial charge in [-0.05, 0) is 18.2 Å². The van der Waals surface area contributed by atoms with E-state index in [1.807, 2.05) is 12.3 Å². The Balaban J connectivity index is 1.65. The molecule has 0 spiro atoms. The van der Waals surface area contributed by atoms with Gasteiger partial charge in [-0.2, -0.15) is 5.10 Å². The van der Waals surface area contributed by atoms with Crippen LogP contribution in [0.2, 0.25) is 0 Å². The lowest BCUT2D eigenvalue weighted by Crippen LogP contribution is -2.22. The van der Waals surface area contributed by atoms with Gasteiger partial charge in [-0.1, -0.05) is 30.3 Å². The molecular weight excluding hydrogens is 354 g/mol. The fourth-order valence-electron chi connectivity index (χ4n) is 2.47. The van der Waals surface area contributed by atoms with Crippen molar-refractivity contribution in [3.63, 3.8) is 0 Å². The summed E-state index contributed by atoms with van der Waals surface area (Å²) in [4.78, 5) is 12.5. The zero-order chi connectivity index (χ0) is 19.1. The maximum Gasteiger partial charge on any atom is 0.352 e. The van der Waals surface area contributed by atoms with Crippen LogP contribution in [0.15, 0.2) is 67.0 Å². The number of benzene rings is 2. The molecule has 0 radical (unpaired) electrons. The van der Waals surface area contributed by atoms with Crippen molar-refractivity contribution in [3.8, 4) is 5.75 Å². The summed E-state index contributed by atoms with van der Waals surface area (Å²) in [6, 6.07) is 13.6. The number of carbonyl (C=O) groups is 1. The molecule has 0 aliphatic carbocycles. The van der Waals surface area contributed by atoms with E-state index < -0.39 is 23.7 Å². The Labute approximate surface area is 155 Å². The predicted molar refractivity (Wildman–Crippen MR) is 94.0 cm³/mol. The van der Waals surface area contributed by atoms with Crippen LogP contribution in [-0.4, -0.2) is 22.4 Å². The third-order valence-electron chi connectivity index (χ3n) is 3.80. The number of aromatic nitrogens is 2. The Bertz CT molecular complexity index is 870. The molecule has 0 saturated carbocycles. The van der Waals surface area contributed by atoms with E-state index in [4.69, 9.17) is 9.47 Å². The first-order chi connectivity index (χ1) is 13.1. The molecule has 0 aliphatic heterocycles. The van der Waals surface area contributed by atoms with Gasteiger partial charge in [0, 0.05) is 37.0 Å². The summed E-state index contributed by atoms with van der Waals surface area (Å²) in [6.45, 7) is 0.795. The second kappa shape index (κ2) is 8.93. The van der Waals surface area contributed by atoms with Crippen molar-refractivity contribution in [2.75, 3.05) is 6.61 Å². The molecule has 1 heterocycles. The standard InChI is InChI=1S/C20H18F2N2O3/c21-17-9-8-16(14-18(17)22)27-19(15-6-2-1-3-7-15)20(25)26-13-5-12-24-11-4-10-23-24/h1-4,6-11,14,19H,5,12-13H2. The van der Waals surface area contributed by atoms with Gasteiger partial charge < -0.3 is 9.47 Å². The van der Waals surface area contributed by atoms with E-state index in [1.165, 1.54) is 6.07 Å². The SMILES string of the molecule is O=C(OCCCn1cccn1)C(Oc1ccc(F)c(F)c1)c1ccccc1. The van der Waals surface area contributed by atoms with E-state index in [0.717, 1.165) is 12.1 Å². The fourth-order valence-corrected chi connectivity index (χ4v) is 2.47. The minimum Gasteiger partial charge on any atom is -0.474 e. The zero-order valence-electron chi connectivity index (χ0n) is 14.4. The highest BCUT2D eigenvalue weighted by atomic mass is 19.2. The molecule has 1 aromatic heterocycles. The van der Waals surface area contributed by atoms with Crippen LogP contribution in [0.4, 0.5) is 8.78 Å². The largest absolute Gasteiger partial charge is 0.474 e. The van der Waals surface area contributed by atoms with Gasteiger partial charge >= 0.3 is 5.97 Å². The molecular formula is C20H18F2N2O3. The van der Waals surface area contributed by atoms with Crippen LogP contribution in [0.5, 0.6) is 5.75 Å². The molecule has 5 nitrogen and oxygen atoms in total. The van der Waals surface area contributed by atoms with Crippen LogP contribution in [0.1, 0.15) is 18.1 Å². The van der Waals surface area contributed by atoms with Gasteiger partial charge in [0.2, 0.25) is 6.10 Å². The van der Waals surface area contributed by atoms with Gasteiger partial charge in [0.15, 0.2) is 11.6 Å². The number of carbonyl (C=O) groups excluding carboxylic acids is 1. The summed E-state index contributed by atoms with van der Waals surface area (Å²) < 4.78 is 39.2. The number of halogens is 2. The van der Waals surface area contributed by atoms with Crippen molar-refractivity contribution in [1.82, 2.24) is 9.78 Å². The summed E-state index contributed by atoms with van der Waals surface area (Å²) in [6.07, 6.45) is 2.99. The molecule has 0 N–H and O–H groups in total. The normalized spacial score (nSPS) is 11.8. The maximum absolute atomic E-state index is 13.4. The molecule has 1 atom stereocenters. The van der Waals surface area contributed by atoms with Crippen molar-refractivity contribution in [3.05, 3.63) is 84.2 Å². The number of rotatable bonds is 8. The van der Waals surface area contributed by atoms with Crippen molar-refractivity contribution >= 4 is 5.97 Å². The molecule has 140 valence electrons. The highest BCUT2D eigenvalue weighted by Gasteiger charge is 2.24. The molecule has 0 amide bonds. The van der Waals surface area contributed by atoms with E-state index in [1.54, 1.807) is 41.2 Å². The summed E-state index contributed by atoms with van der Waals surface area (Å²) in [7, 11) is 0. The Morgan fingerprint density at radius 3 is 2.59 bits per heavy atom. The lowest BCUT2D eigenvalue weighted by molar-refractivity contribution is -0.152. The number of hydrogen-bond acceptors (Lipinski definition) is 4. The molecule has 3 rings (SSSR count). The smallest absolute Gasteiger partial charge is 0.352 e. The van der Waals surface area contributed by atoms with Gasteiger partial charge in [0.1, 0.15) is 5.75 Å². The minimum atomic E-state index is -1.08. The van der Waals surface area contributed by atoms with Gasteiger partial charge in [0.05, 0.1) is 6.61 Å². The molecule has 0 saturated heterocycles. The fraction of sp³-hybridized carbons (Fsp3) is 0.200. The molecule has 1 unspecified atom stereocenters. The number of esters is 1. The maximum atomic E-state index is 13.4. The third-order valence-corrected chi connectivity index (χ3v) is 3.80. The highest BCUT2D eigenvalue weighted by molar-refractivity contribution is 5.77. The van der Waals surface area contributed by atoms with Crippen molar-refractivity contribution < 1.29 is 23.0 Å². The van der Waals surface area contributed by atoms with Crippen LogP contribution in [-0.2, 0) is 16.1 Å². The first-order valence-electron chi connectivity index (χ1n) is 8.44. The van der Waals surface area contributed by atoms with Crippen LogP contribution in [0.3, 0.4) is 0 Å². The number of nitrogens with zero attached hydrogens (tertiary/aromatic N) is 2. The van der Waals surface area contributed by atoms with Gasteiger partial charge in [0.25, 0.3) is 0 Å². The van der Waals surface area contributed by atoms with E-state index in [9.17, 15) is 13.6 Å². The first kappa shape index (κ1) is 18.6. The average molecular weight is 372 g/mol. The number of ether oxygens (including phenoxy) is 2. The Kier molecular flexibility index (Phi) is 6.14. The van der Waals surface area contributed by atoms with Crippen molar-refractivity contribution in [1.29, 1.82) is 0 Å². The van der Waals surface area contributed by atoms with E-state index in [0.29, 0.717) is 18.5 Å². The van der Waals surface area contributed by atoms with E-state index in [2.05, 4.69) is 5.10 Å². The number of aryl methyl sites for hydroxylation is 1. The summed E-state index contributed by atoms with van der Waals surface area (Å²) in [5.74, 6) is -2.60. The molecule has 0 aliphatic rings. The Morgan fingerprint density at radius 2 is 1.89 bits per heavy atom. The van der Waals surface area contributed by atoms with E-state index in [-0.39, 0.29) is 12.4 Å². The van der Waals surface area contributed by atoms with Crippen molar-refractivity contribution in [2.24, 2.45) is 0 Å². The summed E-state index contributed by atoms with van der Waals surface area (Å²) in [5, 5.41) is 4.07. The summed E-state index contributed by atoms with van der Waals surface area (Å²) >= 11 is 0. The van der Waals surface area contributed by atoms with E-state index >= 15 is 0 Å². The monoisotopic (exact) mass is 372 g/mol. The molecule has 3 aromatic rings.